The third-order valence-electron chi connectivity index (χ3n) is 3.88. The van der Waals surface area contributed by atoms with Gasteiger partial charge in [0.2, 0.25) is 0 Å². The fraction of sp³-hybridized carbons (Fsp3) is 1.00. The van der Waals surface area contributed by atoms with Crippen molar-refractivity contribution < 1.29 is 5.11 Å². The molecule has 2 N–H and O–H groups in total. The largest absolute Gasteiger partial charge is 0.396 e. The van der Waals surface area contributed by atoms with Gasteiger partial charge < -0.3 is 10.4 Å². The van der Waals surface area contributed by atoms with Crippen molar-refractivity contribution in [3.05, 3.63) is 0 Å². The van der Waals surface area contributed by atoms with Gasteiger partial charge in [-0.1, -0.05) is 27.7 Å². The van der Waals surface area contributed by atoms with Gasteiger partial charge in [-0.25, -0.2) is 0 Å². The van der Waals surface area contributed by atoms with Crippen LogP contribution in [0.3, 0.4) is 0 Å². The van der Waals surface area contributed by atoms with Crippen molar-refractivity contribution in [3.8, 4) is 0 Å². The minimum absolute atomic E-state index is 0.189. The number of hydrogen-bond acceptors (Lipinski definition) is 2. The van der Waals surface area contributed by atoms with E-state index in [4.69, 9.17) is 0 Å². The quantitative estimate of drug-likeness (QED) is 0.735. The molecule has 2 unspecified atom stereocenters. The van der Waals surface area contributed by atoms with Gasteiger partial charge in [-0.2, -0.15) is 0 Å². The van der Waals surface area contributed by atoms with Crippen molar-refractivity contribution in [1.29, 1.82) is 0 Å². The van der Waals surface area contributed by atoms with Crippen LogP contribution in [0.25, 0.3) is 0 Å². The second-order valence-corrected chi connectivity index (χ2v) is 6.00. The minimum atomic E-state index is 0.189. The van der Waals surface area contributed by atoms with Crippen molar-refractivity contribution in [2.24, 2.45) is 11.3 Å². The molecule has 0 saturated heterocycles. The molecule has 90 valence electrons. The molecule has 0 heterocycles. The number of hydrogen-bond donors (Lipinski definition) is 2. The van der Waals surface area contributed by atoms with Gasteiger partial charge in [0.05, 0.1) is 0 Å². The summed E-state index contributed by atoms with van der Waals surface area (Å²) in [6, 6.07) is 0. The Balaban J connectivity index is 2.72. The first-order valence-electron chi connectivity index (χ1n) is 6.32. The minimum Gasteiger partial charge on any atom is -0.396 e. The van der Waals surface area contributed by atoms with E-state index >= 15 is 0 Å². The molecule has 2 atom stereocenters. The zero-order chi connectivity index (χ0) is 11.5. The van der Waals surface area contributed by atoms with Gasteiger partial charge >= 0.3 is 0 Å². The van der Waals surface area contributed by atoms with Gasteiger partial charge in [-0.3, -0.25) is 0 Å². The van der Waals surface area contributed by atoms with Crippen LogP contribution in [-0.4, -0.2) is 23.8 Å². The maximum atomic E-state index is 9.24. The maximum absolute atomic E-state index is 9.24. The lowest BCUT2D eigenvalue weighted by Gasteiger charge is -2.35. The maximum Gasteiger partial charge on any atom is 0.0448 e. The van der Waals surface area contributed by atoms with Crippen molar-refractivity contribution in [3.63, 3.8) is 0 Å². The predicted molar refractivity (Wildman–Crippen MR) is 64.9 cm³/mol. The van der Waals surface area contributed by atoms with Gasteiger partial charge in [0.25, 0.3) is 0 Å². The molecule has 1 aliphatic rings. The molecule has 15 heavy (non-hydrogen) atoms. The van der Waals surface area contributed by atoms with Crippen molar-refractivity contribution >= 4 is 0 Å². The molecule has 0 aliphatic heterocycles. The van der Waals surface area contributed by atoms with E-state index in [9.17, 15) is 5.11 Å². The second kappa shape index (κ2) is 4.84. The SMILES string of the molecule is CCCNC1(CCO)CC(C)(C)CC1C. The summed E-state index contributed by atoms with van der Waals surface area (Å²) in [5, 5.41) is 12.9. The predicted octanol–water partition coefficient (Wildman–Crippen LogP) is 2.56. The van der Waals surface area contributed by atoms with Crippen LogP contribution in [0.5, 0.6) is 0 Å². The van der Waals surface area contributed by atoms with Gasteiger partial charge in [0, 0.05) is 12.1 Å². The van der Waals surface area contributed by atoms with Crippen LogP contribution in [0, 0.1) is 11.3 Å². The smallest absolute Gasteiger partial charge is 0.0448 e. The van der Waals surface area contributed by atoms with E-state index in [1.807, 2.05) is 0 Å². The Morgan fingerprint density at radius 1 is 1.40 bits per heavy atom. The average Bonchev–Trinajstić information content (AvgIpc) is 2.34. The van der Waals surface area contributed by atoms with Crippen LogP contribution in [0.1, 0.15) is 53.4 Å². The number of aliphatic hydroxyl groups excluding tert-OH is 1. The first-order valence-corrected chi connectivity index (χ1v) is 6.32. The summed E-state index contributed by atoms with van der Waals surface area (Å²) in [5.74, 6) is 0.672. The van der Waals surface area contributed by atoms with Crippen LogP contribution >= 0.6 is 0 Å². The summed E-state index contributed by atoms with van der Waals surface area (Å²) < 4.78 is 0. The first kappa shape index (κ1) is 13.0. The van der Waals surface area contributed by atoms with E-state index in [1.54, 1.807) is 0 Å². The standard InChI is InChI=1S/C13H27NO/c1-5-7-14-13(6-8-15)10-12(3,4)9-11(13)2/h11,14-15H,5-10H2,1-4H3. The molecule has 1 rings (SSSR count). The molecule has 2 heteroatoms. The van der Waals surface area contributed by atoms with E-state index in [0.29, 0.717) is 17.9 Å². The van der Waals surface area contributed by atoms with Gasteiger partial charge in [-0.15, -0.1) is 0 Å². The lowest BCUT2D eigenvalue weighted by atomic mass is 9.83. The lowest BCUT2D eigenvalue weighted by molar-refractivity contribution is 0.172. The number of nitrogens with one attached hydrogen (secondary N) is 1. The second-order valence-electron chi connectivity index (χ2n) is 6.00. The lowest BCUT2D eigenvalue weighted by Crippen LogP contribution is -2.48. The highest BCUT2D eigenvalue weighted by Gasteiger charge is 2.47. The van der Waals surface area contributed by atoms with Crippen LogP contribution in [-0.2, 0) is 0 Å². The molecule has 2 nitrogen and oxygen atoms in total. The summed E-state index contributed by atoms with van der Waals surface area (Å²) in [5.41, 5.74) is 0.615. The Hall–Kier alpha value is -0.0800. The Bertz CT molecular complexity index is 203. The Morgan fingerprint density at radius 3 is 2.47 bits per heavy atom. The zero-order valence-electron chi connectivity index (χ0n) is 10.8. The molecule has 0 aromatic rings. The van der Waals surface area contributed by atoms with Crippen LogP contribution in [0.4, 0.5) is 0 Å². The van der Waals surface area contributed by atoms with E-state index in [1.165, 1.54) is 19.3 Å². The van der Waals surface area contributed by atoms with E-state index < -0.39 is 0 Å². The summed E-state index contributed by atoms with van der Waals surface area (Å²) in [4.78, 5) is 0. The highest BCUT2D eigenvalue weighted by atomic mass is 16.3. The monoisotopic (exact) mass is 213 g/mol. The molecule has 1 saturated carbocycles. The van der Waals surface area contributed by atoms with Crippen LogP contribution in [0.2, 0.25) is 0 Å². The molecule has 1 aliphatic carbocycles. The molecule has 0 spiro atoms. The highest BCUT2D eigenvalue weighted by molar-refractivity contribution is 5.03. The van der Waals surface area contributed by atoms with Crippen LogP contribution in [0.15, 0.2) is 0 Å². The Labute approximate surface area is 94.5 Å². The average molecular weight is 213 g/mol. The molecular weight excluding hydrogens is 186 g/mol. The fourth-order valence-electron chi connectivity index (χ4n) is 3.36. The Kier molecular flexibility index (Phi) is 4.19. The third-order valence-corrected chi connectivity index (χ3v) is 3.88. The molecule has 1 fully saturated rings. The summed E-state index contributed by atoms with van der Waals surface area (Å²) >= 11 is 0. The summed E-state index contributed by atoms with van der Waals surface area (Å²) in [6.07, 6.45) is 4.53. The normalized spacial score (nSPS) is 34.6. The van der Waals surface area contributed by atoms with Gasteiger partial charge in [0.15, 0.2) is 0 Å². The molecule has 0 aromatic carbocycles. The van der Waals surface area contributed by atoms with Crippen molar-refractivity contribution in [2.45, 2.75) is 58.9 Å². The van der Waals surface area contributed by atoms with Gasteiger partial charge in [-0.05, 0) is 43.6 Å². The zero-order valence-corrected chi connectivity index (χ0v) is 10.8. The van der Waals surface area contributed by atoms with E-state index in [-0.39, 0.29) is 5.54 Å². The van der Waals surface area contributed by atoms with Crippen LogP contribution < -0.4 is 5.32 Å². The van der Waals surface area contributed by atoms with Crippen molar-refractivity contribution in [1.82, 2.24) is 5.32 Å². The Morgan fingerprint density at radius 2 is 2.07 bits per heavy atom. The first-order chi connectivity index (χ1) is 6.96. The molecule has 0 radical (unpaired) electrons. The summed E-state index contributed by atoms with van der Waals surface area (Å²) in [6.45, 7) is 10.6. The highest BCUT2D eigenvalue weighted by Crippen LogP contribution is 2.48. The fourth-order valence-corrected chi connectivity index (χ4v) is 3.36. The van der Waals surface area contributed by atoms with E-state index in [2.05, 4.69) is 33.0 Å². The number of rotatable bonds is 5. The van der Waals surface area contributed by atoms with Crippen molar-refractivity contribution in [2.75, 3.05) is 13.2 Å². The molecular formula is C13H27NO. The van der Waals surface area contributed by atoms with Gasteiger partial charge in [0.1, 0.15) is 0 Å². The topological polar surface area (TPSA) is 32.3 Å². The number of aliphatic hydroxyl groups is 1. The molecule has 0 bridgehead atoms. The third kappa shape index (κ3) is 2.94. The molecule has 0 aromatic heterocycles. The molecule has 0 amide bonds. The summed E-state index contributed by atoms with van der Waals surface area (Å²) in [7, 11) is 0. The van der Waals surface area contributed by atoms with E-state index in [0.717, 1.165) is 13.0 Å².